The van der Waals surface area contributed by atoms with Crippen molar-refractivity contribution in [2.75, 3.05) is 19.0 Å². The smallest absolute Gasteiger partial charge is 0.276 e. The highest BCUT2D eigenvalue weighted by Gasteiger charge is 2.09. The minimum Gasteiger partial charge on any atom is -1.00 e. The second-order valence-corrected chi connectivity index (χ2v) is 4.07. The number of aromatic nitrogens is 1. The van der Waals surface area contributed by atoms with Gasteiger partial charge in [-0.25, -0.2) is 4.57 Å². The lowest BCUT2D eigenvalue weighted by Crippen LogP contribution is -3.00. The average Bonchev–Trinajstić information content (AvgIpc) is 2.31. The van der Waals surface area contributed by atoms with Crippen molar-refractivity contribution in [1.82, 2.24) is 0 Å². The zero-order valence-electron chi connectivity index (χ0n) is 10.2. The number of anilines is 1. The van der Waals surface area contributed by atoms with E-state index in [1.807, 2.05) is 6.07 Å². The summed E-state index contributed by atoms with van der Waals surface area (Å²) < 4.78 is 2.25. The summed E-state index contributed by atoms with van der Waals surface area (Å²) in [6.45, 7) is 0.912. The largest absolute Gasteiger partial charge is 1.00 e. The van der Waals surface area contributed by atoms with Crippen LogP contribution in [0.2, 0.25) is 0 Å². The lowest BCUT2D eigenvalue weighted by Gasteiger charge is -2.10. The monoisotopic (exact) mass is 248 g/mol. The molecule has 0 fully saturated rings. The van der Waals surface area contributed by atoms with Gasteiger partial charge in [-0.2, -0.15) is 0 Å². The number of nitrogens with zero attached hydrogens (tertiary/aromatic N) is 2. The molecule has 2 nitrogen and oxygen atoms in total. The molecule has 0 aliphatic carbocycles. The van der Waals surface area contributed by atoms with E-state index >= 15 is 0 Å². The zero-order valence-corrected chi connectivity index (χ0v) is 10.9. The van der Waals surface area contributed by atoms with E-state index in [0.29, 0.717) is 0 Å². The SMILES string of the molecule is CN(C)c1cccc[n+]1Cc1ccccc1.[Cl-]. The first kappa shape index (κ1) is 13.5. The molecular formula is C14H17ClN2. The van der Waals surface area contributed by atoms with Gasteiger partial charge < -0.3 is 12.4 Å². The maximum Gasteiger partial charge on any atom is 0.276 e. The van der Waals surface area contributed by atoms with Gasteiger partial charge in [-0.05, 0) is 11.6 Å². The van der Waals surface area contributed by atoms with Crippen LogP contribution >= 0.6 is 0 Å². The summed E-state index contributed by atoms with van der Waals surface area (Å²) in [5, 5.41) is 0. The first-order valence-corrected chi connectivity index (χ1v) is 5.47. The normalized spacial score (nSPS) is 9.53. The molecule has 2 rings (SSSR count). The van der Waals surface area contributed by atoms with Crippen molar-refractivity contribution in [2.45, 2.75) is 6.54 Å². The van der Waals surface area contributed by atoms with Crippen molar-refractivity contribution < 1.29 is 17.0 Å². The molecule has 0 unspecified atom stereocenters. The molecule has 0 saturated carbocycles. The second kappa shape index (κ2) is 6.26. The van der Waals surface area contributed by atoms with Crippen molar-refractivity contribution in [3.8, 4) is 0 Å². The molecule has 0 aliphatic rings. The van der Waals surface area contributed by atoms with Crippen molar-refractivity contribution in [1.29, 1.82) is 0 Å². The van der Waals surface area contributed by atoms with Gasteiger partial charge in [-0.3, -0.25) is 4.90 Å². The predicted octanol–water partition coefficient (Wildman–Crippen LogP) is -0.908. The van der Waals surface area contributed by atoms with Crippen LogP contribution < -0.4 is 21.9 Å². The number of rotatable bonds is 3. The Morgan fingerprint density at radius 3 is 2.24 bits per heavy atom. The highest BCUT2D eigenvalue weighted by Crippen LogP contribution is 2.05. The van der Waals surface area contributed by atoms with Gasteiger partial charge in [0.05, 0.1) is 20.3 Å². The fourth-order valence-corrected chi connectivity index (χ4v) is 1.79. The molecule has 0 bridgehead atoms. The molecule has 2 aromatic rings. The molecule has 1 heterocycles. The van der Waals surface area contributed by atoms with Crippen LogP contribution in [0.5, 0.6) is 0 Å². The standard InChI is InChI=1S/C14H17N2.ClH/c1-15(2)14-10-6-7-11-16(14)12-13-8-4-3-5-9-13;/h3-11H,12H2,1-2H3;1H/q+1;/p-1. The zero-order chi connectivity index (χ0) is 11.4. The summed E-state index contributed by atoms with van der Waals surface area (Å²) in [6.07, 6.45) is 2.11. The molecule has 0 atom stereocenters. The molecule has 0 N–H and O–H groups in total. The Hall–Kier alpha value is -1.54. The van der Waals surface area contributed by atoms with Gasteiger partial charge in [-0.1, -0.05) is 36.4 Å². The van der Waals surface area contributed by atoms with Crippen LogP contribution in [0.25, 0.3) is 0 Å². The van der Waals surface area contributed by atoms with Gasteiger partial charge in [-0.15, -0.1) is 0 Å². The lowest BCUT2D eigenvalue weighted by molar-refractivity contribution is -0.675. The van der Waals surface area contributed by atoms with Crippen molar-refractivity contribution in [2.24, 2.45) is 0 Å². The summed E-state index contributed by atoms with van der Waals surface area (Å²) in [6, 6.07) is 16.8. The molecule has 0 radical (unpaired) electrons. The summed E-state index contributed by atoms with van der Waals surface area (Å²) in [5.41, 5.74) is 1.32. The summed E-state index contributed by atoms with van der Waals surface area (Å²) >= 11 is 0. The number of hydrogen-bond donors (Lipinski definition) is 0. The lowest BCUT2D eigenvalue weighted by atomic mass is 10.2. The van der Waals surface area contributed by atoms with Crippen LogP contribution in [-0.4, -0.2) is 14.1 Å². The fourth-order valence-electron chi connectivity index (χ4n) is 1.79. The Labute approximate surface area is 109 Å². The van der Waals surface area contributed by atoms with Gasteiger partial charge in [0.2, 0.25) is 0 Å². The van der Waals surface area contributed by atoms with Gasteiger partial charge in [0.25, 0.3) is 5.82 Å². The molecule has 1 aromatic carbocycles. The molecule has 17 heavy (non-hydrogen) atoms. The number of hydrogen-bond acceptors (Lipinski definition) is 1. The summed E-state index contributed by atoms with van der Waals surface area (Å²) in [4.78, 5) is 2.13. The Balaban J connectivity index is 0.00000144. The topological polar surface area (TPSA) is 7.12 Å². The Morgan fingerprint density at radius 2 is 1.59 bits per heavy atom. The van der Waals surface area contributed by atoms with E-state index < -0.39 is 0 Å². The molecule has 1 aromatic heterocycles. The predicted molar refractivity (Wildman–Crippen MR) is 66.5 cm³/mol. The second-order valence-electron chi connectivity index (χ2n) is 4.07. The molecular weight excluding hydrogens is 232 g/mol. The molecule has 0 spiro atoms. The molecule has 0 aliphatic heterocycles. The van der Waals surface area contributed by atoms with Gasteiger partial charge in [0.15, 0.2) is 0 Å². The molecule has 90 valence electrons. The Morgan fingerprint density at radius 1 is 0.941 bits per heavy atom. The number of halogens is 1. The highest BCUT2D eigenvalue weighted by atomic mass is 35.5. The van der Waals surface area contributed by atoms with Crippen LogP contribution in [-0.2, 0) is 6.54 Å². The maximum atomic E-state index is 2.25. The third-order valence-corrected chi connectivity index (χ3v) is 2.57. The van der Waals surface area contributed by atoms with E-state index in [1.165, 1.54) is 11.4 Å². The van der Waals surface area contributed by atoms with Crippen molar-refractivity contribution in [3.05, 3.63) is 60.3 Å². The van der Waals surface area contributed by atoms with Crippen LogP contribution in [0.1, 0.15) is 5.56 Å². The highest BCUT2D eigenvalue weighted by molar-refractivity contribution is 5.29. The van der Waals surface area contributed by atoms with Crippen LogP contribution in [0.4, 0.5) is 5.82 Å². The Kier molecular flexibility index (Phi) is 4.98. The summed E-state index contributed by atoms with van der Waals surface area (Å²) in [5.74, 6) is 1.21. The molecule has 0 amide bonds. The molecule has 0 saturated heterocycles. The Bertz CT molecular complexity index is 455. The van der Waals surface area contributed by atoms with E-state index in [-0.39, 0.29) is 12.4 Å². The van der Waals surface area contributed by atoms with E-state index in [4.69, 9.17) is 0 Å². The number of benzene rings is 1. The van der Waals surface area contributed by atoms with Gasteiger partial charge in [0, 0.05) is 6.07 Å². The third-order valence-electron chi connectivity index (χ3n) is 2.57. The van der Waals surface area contributed by atoms with E-state index in [0.717, 1.165) is 6.54 Å². The van der Waals surface area contributed by atoms with E-state index in [1.54, 1.807) is 0 Å². The number of pyridine rings is 1. The minimum absolute atomic E-state index is 0. The van der Waals surface area contributed by atoms with Crippen LogP contribution in [0.3, 0.4) is 0 Å². The minimum atomic E-state index is 0. The molecule has 3 heteroatoms. The van der Waals surface area contributed by atoms with Crippen molar-refractivity contribution >= 4 is 5.82 Å². The summed E-state index contributed by atoms with van der Waals surface area (Å²) in [7, 11) is 4.13. The van der Waals surface area contributed by atoms with Gasteiger partial charge >= 0.3 is 0 Å². The van der Waals surface area contributed by atoms with E-state index in [2.05, 4.69) is 72.2 Å². The first-order chi connectivity index (χ1) is 7.77. The third kappa shape index (κ3) is 3.46. The van der Waals surface area contributed by atoms with E-state index in [9.17, 15) is 0 Å². The average molecular weight is 249 g/mol. The van der Waals surface area contributed by atoms with Crippen LogP contribution in [0, 0.1) is 0 Å². The maximum absolute atomic E-state index is 2.25. The van der Waals surface area contributed by atoms with Crippen LogP contribution in [0.15, 0.2) is 54.7 Å². The first-order valence-electron chi connectivity index (χ1n) is 5.47. The van der Waals surface area contributed by atoms with Gasteiger partial charge in [0.1, 0.15) is 6.54 Å². The quantitative estimate of drug-likeness (QED) is 0.639. The fraction of sp³-hybridized carbons (Fsp3) is 0.214. The van der Waals surface area contributed by atoms with Crippen molar-refractivity contribution in [3.63, 3.8) is 0 Å².